The normalized spacial score (nSPS) is 18.1. The number of carbonyl (C=O) groups is 2. The van der Waals surface area contributed by atoms with Gasteiger partial charge in [0.15, 0.2) is 9.84 Å². The maximum absolute atomic E-state index is 13.2. The SMILES string of the molecule is C[C@@H](CC(=O)C1CCC(CS(=O)(=O)c2ccc(-c3ccc(CCNCC(=O)O)cc3)cc2)CC1)c1ccc(F)cc1. The molecule has 3 aromatic rings. The van der Waals surface area contributed by atoms with E-state index in [-0.39, 0.29) is 41.7 Å². The van der Waals surface area contributed by atoms with Gasteiger partial charge in [-0.3, -0.25) is 9.59 Å². The van der Waals surface area contributed by atoms with Crippen LogP contribution in [0.15, 0.2) is 77.7 Å². The third kappa shape index (κ3) is 8.81. The number of Topliss-reactive ketones (excluding diaryl/α,β-unsaturated/α-hetero) is 1. The van der Waals surface area contributed by atoms with Crippen molar-refractivity contribution < 1.29 is 27.5 Å². The Hall–Kier alpha value is -3.36. The van der Waals surface area contributed by atoms with Crippen LogP contribution in [0.2, 0.25) is 0 Å². The number of hydrogen-bond acceptors (Lipinski definition) is 5. The number of carboxylic acids is 1. The molecule has 0 heterocycles. The summed E-state index contributed by atoms with van der Waals surface area (Å²) in [6.07, 6.45) is 3.99. The van der Waals surface area contributed by atoms with Crippen molar-refractivity contribution in [1.82, 2.24) is 5.32 Å². The number of carboxylic acid groups (broad SMARTS) is 1. The first-order valence-electron chi connectivity index (χ1n) is 14.2. The summed E-state index contributed by atoms with van der Waals surface area (Å²) in [6.45, 7) is 2.50. The van der Waals surface area contributed by atoms with Gasteiger partial charge < -0.3 is 10.4 Å². The van der Waals surface area contributed by atoms with E-state index in [0.717, 1.165) is 41.5 Å². The lowest BCUT2D eigenvalue weighted by atomic mass is 9.78. The Bertz CT molecular complexity index is 1410. The molecule has 0 aliphatic heterocycles. The maximum atomic E-state index is 13.2. The summed E-state index contributed by atoms with van der Waals surface area (Å²) < 4.78 is 39.5. The highest BCUT2D eigenvalue weighted by Gasteiger charge is 2.30. The van der Waals surface area contributed by atoms with Crippen molar-refractivity contribution in [1.29, 1.82) is 0 Å². The van der Waals surface area contributed by atoms with Crippen LogP contribution in [0, 0.1) is 17.7 Å². The van der Waals surface area contributed by atoms with Crippen molar-refractivity contribution in [3.63, 3.8) is 0 Å². The molecular weight excluding hydrogens is 541 g/mol. The standard InChI is InChI=1S/C33H38FNO5S/c1-23(26-10-14-30(34)15-11-26)20-32(36)29-8-4-25(5-9-29)22-41(39,40)31-16-12-28(13-17-31)27-6-2-24(3-7-27)18-19-35-21-33(37)38/h2-3,6-7,10-17,23,25,29,35H,4-5,8-9,18-22H2,1H3,(H,37,38)/t23-,25?,29?/m0/s1. The highest BCUT2D eigenvalue weighted by atomic mass is 32.2. The lowest BCUT2D eigenvalue weighted by Gasteiger charge is -2.28. The molecule has 0 unspecified atom stereocenters. The second kappa shape index (κ2) is 14.0. The third-order valence-corrected chi connectivity index (χ3v) is 9.97. The number of halogens is 1. The number of benzene rings is 3. The largest absolute Gasteiger partial charge is 0.480 e. The van der Waals surface area contributed by atoms with E-state index in [2.05, 4.69) is 5.32 Å². The molecule has 1 fully saturated rings. The highest BCUT2D eigenvalue weighted by molar-refractivity contribution is 7.91. The second-order valence-electron chi connectivity index (χ2n) is 11.2. The van der Waals surface area contributed by atoms with Crippen LogP contribution in [-0.4, -0.2) is 44.1 Å². The predicted octanol–water partition coefficient (Wildman–Crippen LogP) is 6.05. The molecule has 8 heteroatoms. The Morgan fingerprint density at radius 2 is 1.49 bits per heavy atom. The smallest absolute Gasteiger partial charge is 0.317 e. The molecule has 2 N–H and O–H groups in total. The van der Waals surface area contributed by atoms with Gasteiger partial charge in [0.2, 0.25) is 0 Å². The average molecular weight is 580 g/mol. The summed E-state index contributed by atoms with van der Waals surface area (Å²) >= 11 is 0. The van der Waals surface area contributed by atoms with Crippen LogP contribution in [0.5, 0.6) is 0 Å². The fraction of sp³-hybridized carbons (Fsp3) is 0.394. The van der Waals surface area contributed by atoms with Gasteiger partial charge in [-0.1, -0.05) is 55.5 Å². The molecular formula is C33H38FNO5S. The fourth-order valence-corrected chi connectivity index (χ4v) is 7.28. The van der Waals surface area contributed by atoms with Gasteiger partial charge in [-0.15, -0.1) is 0 Å². The summed E-state index contributed by atoms with van der Waals surface area (Å²) in [7, 11) is -3.45. The summed E-state index contributed by atoms with van der Waals surface area (Å²) in [4.78, 5) is 23.8. The number of aliphatic carboxylic acids is 1. The van der Waals surface area contributed by atoms with Gasteiger partial charge in [0.1, 0.15) is 11.6 Å². The van der Waals surface area contributed by atoms with E-state index in [9.17, 15) is 22.4 Å². The topological polar surface area (TPSA) is 101 Å². The maximum Gasteiger partial charge on any atom is 0.317 e. The predicted molar refractivity (Wildman–Crippen MR) is 158 cm³/mol. The van der Waals surface area contributed by atoms with E-state index in [4.69, 9.17) is 5.11 Å². The first kappa shape index (κ1) is 30.6. The minimum absolute atomic E-state index is 0.0230. The quantitative estimate of drug-likeness (QED) is 0.239. The van der Waals surface area contributed by atoms with Gasteiger partial charge in [0.25, 0.3) is 0 Å². The van der Waals surface area contributed by atoms with E-state index in [1.54, 1.807) is 24.3 Å². The van der Waals surface area contributed by atoms with Crippen LogP contribution < -0.4 is 5.32 Å². The third-order valence-electron chi connectivity index (χ3n) is 8.07. The molecule has 3 aromatic carbocycles. The molecule has 0 amide bonds. The molecule has 1 aliphatic rings. The molecule has 0 radical (unpaired) electrons. The number of rotatable bonds is 13. The highest BCUT2D eigenvalue weighted by Crippen LogP contribution is 2.34. The van der Waals surface area contributed by atoms with Crippen molar-refractivity contribution >= 4 is 21.6 Å². The number of carbonyl (C=O) groups excluding carboxylic acids is 1. The van der Waals surface area contributed by atoms with Crippen molar-refractivity contribution in [3.8, 4) is 11.1 Å². The van der Waals surface area contributed by atoms with Crippen molar-refractivity contribution in [3.05, 3.63) is 89.7 Å². The Morgan fingerprint density at radius 1 is 0.902 bits per heavy atom. The van der Waals surface area contributed by atoms with E-state index in [1.165, 1.54) is 12.1 Å². The zero-order valence-corrected chi connectivity index (χ0v) is 24.2. The molecule has 1 saturated carbocycles. The van der Waals surface area contributed by atoms with Crippen LogP contribution in [0.1, 0.15) is 56.1 Å². The zero-order valence-electron chi connectivity index (χ0n) is 23.4. The first-order valence-corrected chi connectivity index (χ1v) is 15.9. The van der Waals surface area contributed by atoms with Gasteiger partial charge in [0, 0.05) is 12.3 Å². The molecule has 0 aromatic heterocycles. The molecule has 1 atom stereocenters. The molecule has 218 valence electrons. The van der Waals surface area contributed by atoms with Crippen molar-refractivity contribution in [2.75, 3.05) is 18.8 Å². The van der Waals surface area contributed by atoms with E-state index >= 15 is 0 Å². The average Bonchev–Trinajstić information content (AvgIpc) is 2.96. The van der Waals surface area contributed by atoms with Gasteiger partial charge in [0.05, 0.1) is 17.2 Å². The van der Waals surface area contributed by atoms with Gasteiger partial charge in [-0.2, -0.15) is 0 Å². The first-order chi connectivity index (χ1) is 19.6. The van der Waals surface area contributed by atoms with E-state index in [0.29, 0.717) is 30.7 Å². The lowest BCUT2D eigenvalue weighted by molar-refractivity contribution is -0.136. The Balaban J connectivity index is 1.26. The van der Waals surface area contributed by atoms with Crippen LogP contribution in [0.3, 0.4) is 0 Å². The summed E-state index contributed by atoms with van der Waals surface area (Å²) in [5, 5.41) is 11.6. The lowest BCUT2D eigenvalue weighted by Crippen LogP contribution is -2.26. The molecule has 0 bridgehead atoms. The summed E-state index contributed by atoms with van der Waals surface area (Å²) in [5.74, 6) is -0.848. The number of ketones is 1. The van der Waals surface area contributed by atoms with Crippen LogP contribution in [0.4, 0.5) is 4.39 Å². The van der Waals surface area contributed by atoms with E-state index in [1.807, 2.05) is 43.3 Å². The van der Waals surface area contributed by atoms with Crippen molar-refractivity contribution in [2.24, 2.45) is 11.8 Å². The van der Waals surface area contributed by atoms with E-state index < -0.39 is 15.8 Å². The second-order valence-corrected chi connectivity index (χ2v) is 13.2. The number of nitrogens with one attached hydrogen (secondary N) is 1. The molecule has 41 heavy (non-hydrogen) atoms. The minimum Gasteiger partial charge on any atom is -0.480 e. The van der Waals surface area contributed by atoms with Gasteiger partial charge >= 0.3 is 5.97 Å². The Morgan fingerprint density at radius 3 is 2.07 bits per heavy atom. The van der Waals surface area contributed by atoms with Gasteiger partial charge in [-0.25, -0.2) is 12.8 Å². The fourth-order valence-electron chi connectivity index (χ4n) is 5.58. The summed E-state index contributed by atoms with van der Waals surface area (Å²) in [5.41, 5.74) is 3.94. The Labute approximate surface area is 241 Å². The molecule has 6 nitrogen and oxygen atoms in total. The molecule has 0 saturated heterocycles. The van der Waals surface area contributed by atoms with Crippen LogP contribution in [0.25, 0.3) is 11.1 Å². The van der Waals surface area contributed by atoms with Crippen LogP contribution in [-0.2, 0) is 25.8 Å². The van der Waals surface area contributed by atoms with Crippen molar-refractivity contribution in [2.45, 2.75) is 56.3 Å². The molecule has 1 aliphatic carbocycles. The molecule has 0 spiro atoms. The monoisotopic (exact) mass is 579 g/mol. The van der Waals surface area contributed by atoms with Gasteiger partial charge in [-0.05, 0) is 97.0 Å². The zero-order chi connectivity index (χ0) is 29.4. The molecule has 4 rings (SSSR count). The van der Waals surface area contributed by atoms with Crippen LogP contribution >= 0.6 is 0 Å². The number of sulfone groups is 1. The number of hydrogen-bond donors (Lipinski definition) is 2. The summed E-state index contributed by atoms with van der Waals surface area (Å²) in [6, 6.07) is 21.2. The minimum atomic E-state index is -3.45. The Kier molecular flexibility index (Phi) is 10.5.